The molecule has 0 spiro atoms. The Labute approximate surface area is 137 Å². The van der Waals surface area contributed by atoms with E-state index in [9.17, 15) is 0 Å². The van der Waals surface area contributed by atoms with Crippen LogP contribution >= 0.6 is 15.9 Å². The first kappa shape index (κ1) is 16.8. The zero-order valence-corrected chi connectivity index (χ0v) is 15.0. The van der Waals surface area contributed by atoms with Crippen LogP contribution in [0.4, 0.5) is 0 Å². The highest BCUT2D eigenvalue weighted by molar-refractivity contribution is 9.10. The Kier molecular flexibility index (Phi) is 6.56. The molecule has 1 N–H and O–H groups in total. The lowest BCUT2D eigenvalue weighted by molar-refractivity contribution is 0.180. The lowest BCUT2D eigenvalue weighted by Gasteiger charge is -2.38. The van der Waals surface area contributed by atoms with Crippen LogP contribution in [0.2, 0.25) is 0 Å². The minimum Gasteiger partial charge on any atom is -0.497 e. The van der Waals surface area contributed by atoms with E-state index in [0.29, 0.717) is 5.41 Å². The van der Waals surface area contributed by atoms with E-state index in [4.69, 9.17) is 4.74 Å². The zero-order chi connectivity index (χ0) is 15.1. The average molecular weight is 354 g/mol. The molecule has 0 unspecified atom stereocenters. The molecule has 0 aliphatic heterocycles. The molecule has 3 heteroatoms. The summed E-state index contributed by atoms with van der Waals surface area (Å²) in [5.41, 5.74) is 1.80. The third kappa shape index (κ3) is 4.72. The van der Waals surface area contributed by atoms with Gasteiger partial charge in [-0.3, -0.25) is 0 Å². The van der Waals surface area contributed by atoms with Crippen molar-refractivity contribution in [1.82, 2.24) is 5.32 Å². The maximum Gasteiger partial charge on any atom is 0.119 e. The Balaban J connectivity index is 2.13. The summed E-state index contributed by atoms with van der Waals surface area (Å²) < 4.78 is 6.61. The molecule has 0 amide bonds. The summed E-state index contributed by atoms with van der Waals surface area (Å²) in [7, 11) is 1.74. The first-order valence-electron chi connectivity index (χ1n) is 8.22. The van der Waals surface area contributed by atoms with Crippen molar-refractivity contribution in [3.63, 3.8) is 0 Å². The normalized spacial score (nSPS) is 17.7. The van der Waals surface area contributed by atoms with E-state index in [1.807, 2.05) is 6.07 Å². The predicted octanol–water partition coefficient (Wildman–Crippen LogP) is 4.95. The topological polar surface area (TPSA) is 21.3 Å². The maximum atomic E-state index is 5.39. The summed E-state index contributed by atoms with van der Waals surface area (Å²) in [5, 5.41) is 3.67. The van der Waals surface area contributed by atoms with Crippen LogP contribution in [0, 0.1) is 5.41 Å². The van der Waals surface area contributed by atoms with Gasteiger partial charge in [-0.15, -0.1) is 0 Å². The average Bonchev–Trinajstić information content (AvgIpc) is 2.51. The van der Waals surface area contributed by atoms with Gasteiger partial charge < -0.3 is 10.1 Å². The molecule has 1 aromatic rings. The Hall–Kier alpha value is -0.540. The first-order valence-corrected chi connectivity index (χ1v) is 9.01. The van der Waals surface area contributed by atoms with E-state index in [1.54, 1.807) is 7.11 Å². The van der Waals surface area contributed by atoms with Crippen LogP contribution in [-0.2, 0) is 6.42 Å². The summed E-state index contributed by atoms with van der Waals surface area (Å²) in [6.45, 7) is 4.50. The maximum absolute atomic E-state index is 5.39. The molecule has 1 aromatic carbocycles. The van der Waals surface area contributed by atoms with Gasteiger partial charge in [-0.05, 0) is 61.4 Å². The van der Waals surface area contributed by atoms with Gasteiger partial charge in [-0.2, -0.15) is 0 Å². The van der Waals surface area contributed by atoms with Crippen LogP contribution in [0.5, 0.6) is 5.75 Å². The summed E-state index contributed by atoms with van der Waals surface area (Å²) >= 11 is 3.72. The van der Waals surface area contributed by atoms with E-state index in [-0.39, 0.29) is 0 Å². The van der Waals surface area contributed by atoms with Gasteiger partial charge in [0.25, 0.3) is 0 Å². The van der Waals surface area contributed by atoms with E-state index in [0.717, 1.165) is 25.3 Å². The number of ether oxygens (including phenoxy) is 1. The number of methoxy groups -OCH3 is 1. The molecule has 0 bridgehead atoms. The van der Waals surface area contributed by atoms with E-state index >= 15 is 0 Å². The lowest BCUT2D eigenvalue weighted by atomic mass is 9.70. The first-order chi connectivity index (χ1) is 10.2. The third-order valence-electron chi connectivity index (χ3n) is 4.66. The molecule has 0 heterocycles. The van der Waals surface area contributed by atoms with Crippen molar-refractivity contribution < 1.29 is 4.74 Å². The molecule has 2 nitrogen and oxygen atoms in total. The fraction of sp³-hybridized carbons (Fsp3) is 0.667. The fourth-order valence-electron chi connectivity index (χ4n) is 3.47. The number of hydrogen-bond donors (Lipinski definition) is 1. The molecule has 0 aromatic heterocycles. The van der Waals surface area contributed by atoms with E-state index in [2.05, 4.69) is 40.3 Å². The van der Waals surface area contributed by atoms with Crippen molar-refractivity contribution in [3.05, 3.63) is 28.2 Å². The van der Waals surface area contributed by atoms with Crippen LogP contribution < -0.4 is 10.1 Å². The van der Waals surface area contributed by atoms with E-state index < -0.39 is 0 Å². The second kappa shape index (κ2) is 8.19. The molecule has 1 aliphatic carbocycles. The van der Waals surface area contributed by atoms with Gasteiger partial charge in [0.15, 0.2) is 0 Å². The molecule has 0 atom stereocenters. The van der Waals surface area contributed by atoms with Crippen LogP contribution in [0.3, 0.4) is 0 Å². The molecule has 1 aliphatic rings. The van der Waals surface area contributed by atoms with Gasteiger partial charge in [0, 0.05) is 11.0 Å². The summed E-state index contributed by atoms with van der Waals surface area (Å²) in [4.78, 5) is 0. The molecular weight excluding hydrogens is 326 g/mol. The number of rotatable bonds is 7. The molecule has 0 radical (unpaired) electrons. The molecule has 0 saturated heterocycles. The van der Waals surface area contributed by atoms with Crippen molar-refractivity contribution in [3.8, 4) is 5.75 Å². The monoisotopic (exact) mass is 353 g/mol. The van der Waals surface area contributed by atoms with Gasteiger partial charge in [0.1, 0.15) is 5.75 Å². The Morgan fingerprint density at radius 1 is 1.24 bits per heavy atom. The summed E-state index contributed by atoms with van der Waals surface area (Å²) in [6, 6.07) is 6.33. The Morgan fingerprint density at radius 2 is 2.00 bits per heavy atom. The number of nitrogens with one attached hydrogen (secondary N) is 1. The van der Waals surface area contributed by atoms with E-state index in [1.165, 1.54) is 48.6 Å². The zero-order valence-electron chi connectivity index (χ0n) is 13.4. The highest BCUT2D eigenvalue weighted by atomic mass is 79.9. The van der Waals surface area contributed by atoms with Crippen molar-refractivity contribution in [2.75, 3.05) is 20.2 Å². The second-order valence-electron chi connectivity index (χ2n) is 6.37. The van der Waals surface area contributed by atoms with Gasteiger partial charge >= 0.3 is 0 Å². The van der Waals surface area contributed by atoms with Crippen molar-refractivity contribution in [1.29, 1.82) is 0 Å². The Morgan fingerprint density at radius 3 is 2.67 bits per heavy atom. The summed E-state index contributed by atoms with van der Waals surface area (Å²) in [6.07, 6.45) is 9.17. The number of hydrogen-bond acceptors (Lipinski definition) is 2. The lowest BCUT2D eigenvalue weighted by Crippen LogP contribution is -2.38. The highest BCUT2D eigenvalue weighted by Gasteiger charge is 2.32. The van der Waals surface area contributed by atoms with Crippen molar-refractivity contribution in [2.45, 2.75) is 51.9 Å². The van der Waals surface area contributed by atoms with Gasteiger partial charge in [0.05, 0.1) is 7.11 Å². The third-order valence-corrected chi connectivity index (χ3v) is 5.43. The van der Waals surface area contributed by atoms with Gasteiger partial charge in [-0.1, -0.05) is 42.1 Å². The molecule has 2 rings (SSSR count). The SMILES string of the molecule is CCCNCC1(Cc2cc(OC)ccc2Br)CCCCC1. The molecule has 118 valence electrons. The van der Waals surface area contributed by atoms with Crippen LogP contribution in [-0.4, -0.2) is 20.2 Å². The standard InChI is InChI=1S/C18H28BrNO/c1-3-11-20-14-18(9-5-4-6-10-18)13-15-12-16(21-2)7-8-17(15)19/h7-8,12,20H,3-6,9-11,13-14H2,1-2H3. The fourth-order valence-corrected chi connectivity index (χ4v) is 3.85. The summed E-state index contributed by atoms with van der Waals surface area (Å²) in [5.74, 6) is 0.959. The Bertz CT molecular complexity index is 441. The molecule has 1 saturated carbocycles. The van der Waals surface area contributed by atoms with Crippen LogP contribution in [0.1, 0.15) is 51.0 Å². The number of halogens is 1. The highest BCUT2D eigenvalue weighted by Crippen LogP contribution is 2.40. The molecular formula is C18H28BrNO. The smallest absolute Gasteiger partial charge is 0.119 e. The van der Waals surface area contributed by atoms with Gasteiger partial charge in [0.2, 0.25) is 0 Å². The molecule has 21 heavy (non-hydrogen) atoms. The van der Waals surface area contributed by atoms with Gasteiger partial charge in [-0.25, -0.2) is 0 Å². The second-order valence-corrected chi connectivity index (χ2v) is 7.23. The number of benzene rings is 1. The van der Waals surface area contributed by atoms with Crippen LogP contribution in [0.25, 0.3) is 0 Å². The largest absolute Gasteiger partial charge is 0.497 e. The van der Waals surface area contributed by atoms with Crippen molar-refractivity contribution >= 4 is 15.9 Å². The molecule has 1 fully saturated rings. The minimum atomic E-state index is 0.419. The minimum absolute atomic E-state index is 0.419. The van der Waals surface area contributed by atoms with Crippen molar-refractivity contribution in [2.24, 2.45) is 5.41 Å². The quantitative estimate of drug-likeness (QED) is 0.700. The van der Waals surface area contributed by atoms with Crippen LogP contribution in [0.15, 0.2) is 22.7 Å². The predicted molar refractivity (Wildman–Crippen MR) is 93.1 cm³/mol.